The van der Waals surface area contributed by atoms with Gasteiger partial charge >= 0.3 is 0 Å². The van der Waals surface area contributed by atoms with Gasteiger partial charge in [-0.3, -0.25) is 14.9 Å². The van der Waals surface area contributed by atoms with Crippen molar-refractivity contribution in [3.8, 4) is 0 Å². The maximum atomic E-state index is 12.1. The van der Waals surface area contributed by atoms with Crippen molar-refractivity contribution in [3.63, 3.8) is 0 Å². The lowest BCUT2D eigenvalue weighted by Gasteiger charge is -2.08. The van der Waals surface area contributed by atoms with Crippen LogP contribution in [0.5, 0.6) is 0 Å². The van der Waals surface area contributed by atoms with Crippen LogP contribution in [0, 0.1) is 17.0 Å². The Morgan fingerprint density at radius 1 is 1.25 bits per heavy atom. The molecule has 0 atom stereocenters. The third-order valence-corrected chi connectivity index (χ3v) is 3.24. The highest BCUT2D eigenvalue weighted by Gasteiger charge is 2.12. The van der Waals surface area contributed by atoms with Crippen LogP contribution >= 0.6 is 11.6 Å². The van der Waals surface area contributed by atoms with Crippen molar-refractivity contribution in [3.05, 3.63) is 68.7 Å². The molecule has 0 saturated carbocycles. The minimum absolute atomic E-state index is 0.0781. The molecule has 6 heteroatoms. The molecule has 0 aliphatic rings. The molecular weight excluding hydrogens is 280 g/mol. The van der Waals surface area contributed by atoms with Gasteiger partial charge in [0.15, 0.2) is 0 Å². The van der Waals surface area contributed by atoms with E-state index in [0.717, 1.165) is 0 Å². The van der Waals surface area contributed by atoms with Gasteiger partial charge in [-0.05, 0) is 30.7 Å². The van der Waals surface area contributed by atoms with Crippen molar-refractivity contribution in [2.45, 2.75) is 6.92 Å². The van der Waals surface area contributed by atoms with Crippen molar-refractivity contribution in [1.29, 1.82) is 0 Å². The summed E-state index contributed by atoms with van der Waals surface area (Å²) in [5.41, 5.74) is 1.38. The second kappa shape index (κ2) is 5.71. The van der Waals surface area contributed by atoms with E-state index in [9.17, 15) is 14.9 Å². The molecule has 1 amide bonds. The van der Waals surface area contributed by atoms with Crippen molar-refractivity contribution in [2.75, 3.05) is 5.32 Å². The molecule has 0 spiro atoms. The Kier molecular flexibility index (Phi) is 4.00. The molecule has 0 aliphatic carbocycles. The summed E-state index contributed by atoms with van der Waals surface area (Å²) in [6.45, 7) is 1.74. The number of amides is 1. The first-order valence-electron chi connectivity index (χ1n) is 5.80. The zero-order chi connectivity index (χ0) is 14.7. The molecule has 0 unspecified atom stereocenters. The molecule has 2 rings (SSSR count). The van der Waals surface area contributed by atoms with Crippen molar-refractivity contribution < 1.29 is 9.72 Å². The van der Waals surface area contributed by atoms with Gasteiger partial charge in [-0.1, -0.05) is 23.7 Å². The number of nitro groups is 1. The first-order chi connectivity index (χ1) is 9.49. The molecule has 5 nitrogen and oxygen atoms in total. The summed E-state index contributed by atoms with van der Waals surface area (Å²) in [6.07, 6.45) is 0. The smallest absolute Gasteiger partial charge is 0.271 e. The number of anilines is 1. The van der Waals surface area contributed by atoms with Crippen LogP contribution in [-0.4, -0.2) is 10.8 Å². The Balaban J connectivity index is 2.26. The van der Waals surface area contributed by atoms with E-state index >= 15 is 0 Å². The van der Waals surface area contributed by atoms with Crippen LogP contribution in [0.25, 0.3) is 0 Å². The number of hydrogen-bond donors (Lipinski definition) is 1. The Bertz CT molecular complexity index is 686. The number of hydrogen-bond acceptors (Lipinski definition) is 3. The fraction of sp³-hybridized carbons (Fsp3) is 0.0714. The average molecular weight is 291 g/mol. The molecule has 20 heavy (non-hydrogen) atoms. The molecule has 2 aromatic rings. The summed E-state index contributed by atoms with van der Waals surface area (Å²) >= 11 is 5.96. The predicted molar refractivity (Wildman–Crippen MR) is 77.2 cm³/mol. The molecule has 102 valence electrons. The zero-order valence-corrected chi connectivity index (χ0v) is 11.3. The third-order valence-electron chi connectivity index (χ3n) is 2.83. The fourth-order valence-electron chi connectivity index (χ4n) is 1.75. The fourth-order valence-corrected chi connectivity index (χ4v) is 1.92. The van der Waals surface area contributed by atoms with Gasteiger partial charge in [0.1, 0.15) is 0 Å². The highest BCUT2D eigenvalue weighted by atomic mass is 35.5. The lowest BCUT2D eigenvalue weighted by atomic mass is 10.1. The van der Waals surface area contributed by atoms with Gasteiger partial charge < -0.3 is 5.32 Å². The lowest BCUT2D eigenvalue weighted by Crippen LogP contribution is -2.13. The van der Waals surface area contributed by atoms with Crippen LogP contribution in [0.2, 0.25) is 5.02 Å². The number of halogens is 1. The number of carbonyl (C=O) groups is 1. The minimum atomic E-state index is -0.514. The molecule has 0 aliphatic heterocycles. The normalized spacial score (nSPS) is 10.1. The van der Waals surface area contributed by atoms with E-state index in [4.69, 9.17) is 11.6 Å². The molecule has 0 saturated heterocycles. The van der Waals surface area contributed by atoms with E-state index in [-0.39, 0.29) is 11.6 Å². The van der Waals surface area contributed by atoms with E-state index in [2.05, 4.69) is 5.32 Å². The molecular formula is C14H11ClN2O3. The molecule has 0 radical (unpaired) electrons. The van der Waals surface area contributed by atoms with E-state index in [1.54, 1.807) is 31.2 Å². The van der Waals surface area contributed by atoms with Gasteiger partial charge in [0.05, 0.1) is 4.92 Å². The second-order valence-corrected chi connectivity index (χ2v) is 4.58. The zero-order valence-electron chi connectivity index (χ0n) is 10.6. The summed E-state index contributed by atoms with van der Waals surface area (Å²) in [6, 6.07) is 10.8. The van der Waals surface area contributed by atoms with Gasteiger partial charge in [0, 0.05) is 28.4 Å². The Labute approximate surface area is 120 Å². The Morgan fingerprint density at radius 3 is 2.65 bits per heavy atom. The third kappa shape index (κ3) is 2.95. The van der Waals surface area contributed by atoms with Gasteiger partial charge in [0.2, 0.25) is 0 Å². The van der Waals surface area contributed by atoms with Crippen LogP contribution in [-0.2, 0) is 0 Å². The number of non-ortho nitro benzene ring substituents is 1. The number of nitro benzene ring substituents is 1. The van der Waals surface area contributed by atoms with Crippen LogP contribution in [0.15, 0.2) is 42.5 Å². The van der Waals surface area contributed by atoms with E-state index in [1.807, 2.05) is 0 Å². The monoisotopic (exact) mass is 290 g/mol. The summed E-state index contributed by atoms with van der Waals surface area (Å²) in [7, 11) is 0. The van der Waals surface area contributed by atoms with Crippen LogP contribution in [0.4, 0.5) is 11.4 Å². The summed E-state index contributed by atoms with van der Waals surface area (Å²) in [4.78, 5) is 22.3. The number of nitrogens with one attached hydrogen (secondary N) is 1. The predicted octanol–water partition coefficient (Wildman–Crippen LogP) is 3.81. The maximum absolute atomic E-state index is 12.1. The highest BCUT2D eigenvalue weighted by molar-refractivity contribution is 6.32. The Hall–Kier alpha value is -2.40. The molecule has 2 aromatic carbocycles. The quantitative estimate of drug-likeness (QED) is 0.690. The number of nitrogens with zero attached hydrogens (tertiary/aromatic N) is 1. The standard InChI is InChI=1S/C14H11ClN2O3/c1-9-12(6-3-7-13(9)15)14(18)16-10-4-2-5-11(8-10)17(19)20/h2-8H,1H3,(H,16,18). The van der Waals surface area contributed by atoms with Crippen LogP contribution in [0.3, 0.4) is 0 Å². The SMILES string of the molecule is Cc1c(Cl)cccc1C(=O)Nc1cccc([N+](=O)[O-])c1. The van der Waals surface area contributed by atoms with Gasteiger partial charge in [-0.15, -0.1) is 0 Å². The maximum Gasteiger partial charge on any atom is 0.271 e. The number of benzene rings is 2. The lowest BCUT2D eigenvalue weighted by molar-refractivity contribution is -0.384. The number of rotatable bonds is 3. The van der Waals surface area contributed by atoms with Crippen LogP contribution < -0.4 is 5.32 Å². The average Bonchev–Trinajstić information content (AvgIpc) is 2.42. The van der Waals surface area contributed by atoms with Gasteiger partial charge in [-0.2, -0.15) is 0 Å². The Morgan fingerprint density at radius 2 is 1.95 bits per heavy atom. The molecule has 0 heterocycles. The topological polar surface area (TPSA) is 72.2 Å². The molecule has 0 fully saturated rings. The van der Waals surface area contributed by atoms with Gasteiger partial charge in [-0.25, -0.2) is 0 Å². The van der Waals surface area contributed by atoms with Crippen LogP contribution in [0.1, 0.15) is 15.9 Å². The van der Waals surface area contributed by atoms with Gasteiger partial charge in [0.25, 0.3) is 11.6 Å². The van der Waals surface area contributed by atoms with E-state index in [0.29, 0.717) is 21.8 Å². The molecule has 0 aromatic heterocycles. The second-order valence-electron chi connectivity index (χ2n) is 4.17. The summed E-state index contributed by atoms with van der Waals surface area (Å²) in [5.74, 6) is -0.356. The minimum Gasteiger partial charge on any atom is -0.322 e. The number of carbonyl (C=O) groups excluding carboxylic acids is 1. The van der Waals surface area contributed by atoms with E-state index < -0.39 is 4.92 Å². The van der Waals surface area contributed by atoms with Crippen molar-refractivity contribution >= 4 is 28.9 Å². The van der Waals surface area contributed by atoms with E-state index in [1.165, 1.54) is 18.2 Å². The first-order valence-corrected chi connectivity index (χ1v) is 6.18. The summed E-state index contributed by atoms with van der Waals surface area (Å²) < 4.78 is 0. The van der Waals surface area contributed by atoms with Crippen molar-refractivity contribution in [1.82, 2.24) is 0 Å². The van der Waals surface area contributed by atoms with Crippen molar-refractivity contribution in [2.24, 2.45) is 0 Å². The largest absolute Gasteiger partial charge is 0.322 e. The highest BCUT2D eigenvalue weighted by Crippen LogP contribution is 2.21. The molecule has 0 bridgehead atoms. The first kappa shape index (κ1) is 14.0. The molecule has 1 N–H and O–H groups in total. The summed E-state index contributed by atoms with van der Waals surface area (Å²) in [5, 5.41) is 13.8.